The zero-order valence-corrected chi connectivity index (χ0v) is 10.0. The topological polar surface area (TPSA) is 39.4 Å². The van der Waals surface area contributed by atoms with Crippen molar-refractivity contribution in [1.29, 1.82) is 0 Å². The smallest absolute Gasteiger partial charge is 0.336 e. The Morgan fingerprint density at radius 3 is 2.94 bits per heavy atom. The first kappa shape index (κ1) is 12.8. The molecule has 1 rings (SSSR count). The maximum absolute atomic E-state index is 11.1. The second-order valence-corrected chi connectivity index (χ2v) is 3.61. The highest BCUT2D eigenvalue weighted by molar-refractivity contribution is 6.08. The Morgan fingerprint density at radius 1 is 1.56 bits per heavy atom. The number of rotatable bonds is 4. The summed E-state index contributed by atoms with van der Waals surface area (Å²) in [6.07, 6.45) is 4.65. The molecule has 0 radical (unpaired) electrons. The van der Waals surface area contributed by atoms with E-state index in [0.717, 1.165) is 11.5 Å². The van der Waals surface area contributed by atoms with Crippen LogP contribution < -0.4 is 16.3 Å². The lowest BCUT2D eigenvalue weighted by Gasteiger charge is -2.06. The number of hydrogen-bond acceptors (Lipinski definition) is 3. The van der Waals surface area contributed by atoms with Crippen LogP contribution >= 0.6 is 0 Å². The third-order valence-electron chi connectivity index (χ3n) is 2.18. The van der Waals surface area contributed by atoms with Crippen molar-refractivity contribution in [1.82, 2.24) is 0 Å². The molecule has 0 aliphatic rings. The largest absolute Gasteiger partial charge is 0.423 e. The van der Waals surface area contributed by atoms with E-state index in [1.807, 2.05) is 26.0 Å². The molecule has 0 amide bonds. The predicted octanol–water partition coefficient (Wildman–Crippen LogP) is -0.323. The van der Waals surface area contributed by atoms with Crippen molar-refractivity contribution >= 4 is 20.0 Å². The van der Waals surface area contributed by atoms with Gasteiger partial charge in [0, 0.05) is 17.9 Å². The molecule has 0 fully saturated rings. The molecule has 1 atom stereocenters. The van der Waals surface area contributed by atoms with Gasteiger partial charge in [0.2, 0.25) is 0 Å². The summed E-state index contributed by atoms with van der Waals surface area (Å²) < 4.78 is 10.6. The molecule has 1 unspecified atom stereocenters. The zero-order valence-electron chi connectivity index (χ0n) is 10.0. The van der Waals surface area contributed by atoms with Crippen molar-refractivity contribution in [2.24, 2.45) is 0 Å². The Balaban J connectivity index is 3.06. The Hall–Kier alpha value is -1.29. The Bertz CT molecular complexity index is 490. The fourth-order valence-electron chi connectivity index (χ4n) is 1.38. The van der Waals surface area contributed by atoms with Gasteiger partial charge in [0.1, 0.15) is 13.3 Å². The Morgan fingerprint density at radius 2 is 2.31 bits per heavy atom. The minimum absolute atomic E-state index is 0.0517. The summed E-state index contributed by atoms with van der Waals surface area (Å²) in [7, 11) is 2.06. The lowest BCUT2D eigenvalue weighted by Crippen LogP contribution is -2.30. The van der Waals surface area contributed by atoms with Crippen molar-refractivity contribution in [3.8, 4) is 0 Å². The van der Waals surface area contributed by atoms with Crippen LogP contribution in [0.4, 0.5) is 0 Å². The van der Waals surface area contributed by atoms with Crippen LogP contribution in [0.3, 0.4) is 0 Å². The predicted molar refractivity (Wildman–Crippen MR) is 67.6 cm³/mol. The number of hydrogen-bond donors (Lipinski definition) is 0. The average molecular weight is 220 g/mol. The quantitative estimate of drug-likeness (QED) is 0.652. The van der Waals surface area contributed by atoms with Gasteiger partial charge in [-0.1, -0.05) is 12.4 Å². The lowest BCUT2D eigenvalue weighted by atomic mass is 10.1. The fourth-order valence-corrected chi connectivity index (χ4v) is 1.38. The van der Waals surface area contributed by atoms with Crippen LogP contribution in [-0.2, 0) is 4.74 Å². The molecule has 16 heavy (non-hydrogen) atoms. The maximum atomic E-state index is 11.1. The first-order valence-electron chi connectivity index (χ1n) is 5.57. The van der Waals surface area contributed by atoms with Gasteiger partial charge in [-0.05, 0) is 26.0 Å². The van der Waals surface area contributed by atoms with Gasteiger partial charge in [0.15, 0.2) is 0 Å². The van der Waals surface area contributed by atoms with Crippen molar-refractivity contribution < 1.29 is 9.15 Å². The van der Waals surface area contributed by atoms with Gasteiger partial charge < -0.3 is 9.15 Å². The highest BCUT2D eigenvalue weighted by Crippen LogP contribution is 1.92. The van der Waals surface area contributed by atoms with Gasteiger partial charge in [-0.2, -0.15) is 0 Å². The van der Waals surface area contributed by atoms with Crippen LogP contribution in [0.15, 0.2) is 21.3 Å². The second-order valence-electron chi connectivity index (χ2n) is 3.61. The summed E-state index contributed by atoms with van der Waals surface area (Å²) >= 11 is 0. The van der Waals surface area contributed by atoms with E-state index in [1.165, 1.54) is 6.07 Å². The monoisotopic (exact) mass is 220 g/mol. The lowest BCUT2D eigenvalue weighted by molar-refractivity contribution is 0.119. The van der Waals surface area contributed by atoms with Crippen molar-refractivity contribution in [2.75, 3.05) is 6.61 Å². The van der Waals surface area contributed by atoms with Crippen LogP contribution in [0.25, 0.3) is 12.2 Å². The molecule has 0 spiro atoms. The van der Waals surface area contributed by atoms with E-state index in [9.17, 15) is 4.79 Å². The SMILES string of the molecule is BCCOC(C)/C=c1/oc(=O)cc/c1=C/C. The molecule has 0 N–H and O–H groups in total. The minimum atomic E-state index is -0.334. The van der Waals surface area contributed by atoms with E-state index >= 15 is 0 Å². The molecule has 0 saturated heterocycles. The Kier molecular flexibility index (Phi) is 5.06. The van der Waals surface area contributed by atoms with Gasteiger partial charge >= 0.3 is 5.63 Å². The van der Waals surface area contributed by atoms with E-state index in [0.29, 0.717) is 12.0 Å². The summed E-state index contributed by atoms with van der Waals surface area (Å²) in [5.74, 6) is 0. The molecular weight excluding hydrogens is 203 g/mol. The molecule has 4 heteroatoms. The molecule has 1 heterocycles. The minimum Gasteiger partial charge on any atom is -0.423 e. The summed E-state index contributed by atoms with van der Waals surface area (Å²) in [6, 6.07) is 3.18. The molecule has 0 aliphatic heterocycles. The maximum Gasteiger partial charge on any atom is 0.336 e. The average Bonchev–Trinajstić information content (AvgIpc) is 2.27. The van der Waals surface area contributed by atoms with E-state index in [2.05, 4.69) is 7.85 Å². The molecule has 0 bridgehead atoms. The molecular formula is C12H17BO3. The third-order valence-corrected chi connectivity index (χ3v) is 2.18. The fraction of sp³-hybridized carbons (Fsp3) is 0.417. The molecule has 0 aliphatic carbocycles. The first-order chi connectivity index (χ1) is 7.67. The standard InChI is InChI=1S/C12H17BO3/c1-3-10-4-5-12(14)16-11(10)8-9(2)15-7-6-13/h3-5,8-9H,6-7,13H2,1-2H3/b10-3-,11-8+. The molecule has 0 aromatic carbocycles. The van der Waals surface area contributed by atoms with Crippen LogP contribution in [0.2, 0.25) is 6.32 Å². The summed E-state index contributed by atoms with van der Waals surface area (Å²) in [5, 5.41) is 0.909. The van der Waals surface area contributed by atoms with Crippen LogP contribution in [0.1, 0.15) is 13.8 Å². The first-order valence-corrected chi connectivity index (χ1v) is 5.57. The van der Waals surface area contributed by atoms with Gasteiger partial charge in [-0.3, -0.25) is 0 Å². The second kappa shape index (κ2) is 6.33. The van der Waals surface area contributed by atoms with E-state index in [1.54, 1.807) is 6.07 Å². The van der Waals surface area contributed by atoms with Gasteiger partial charge in [0.05, 0.1) is 6.10 Å². The van der Waals surface area contributed by atoms with Crippen LogP contribution in [0.5, 0.6) is 0 Å². The highest BCUT2D eigenvalue weighted by Gasteiger charge is 1.98. The summed E-state index contributed by atoms with van der Waals surface area (Å²) in [5.41, 5.74) is 0.248. The molecule has 3 nitrogen and oxygen atoms in total. The van der Waals surface area contributed by atoms with E-state index < -0.39 is 0 Å². The highest BCUT2D eigenvalue weighted by atomic mass is 16.5. The Labute approximate surface area is 95.8 Å². The summed E-state index contributed by atoms with van der Waals surface area (Å²) in [6.45, 7) is 4.55. The van der Waals surface area contributed by atoms with E-state index in [4.69, 9.17) is 9.15 Å². The molecule has 0 saturated carbocycles. The number of ether oxygens (including phenoxy) is 1. The van der Waals surface area contributed by atoms with Crippen LogP contribution in [-0.4, -0.2) is 20.6 Å². The van der Waals surface area contributed by atoms with Gasteiger partial charge in [-0.25, -0.2) is 4.79 Å². The molecule has 86 valence electrons. The molecule has 1 aromatic rings. The zero-order chi connectivity index (χ0) is 12.0. The van der Waals surface area contributed by atoms with Crippen molar-refractivity contribution in [3.63, 3.8) is 0 Å². The van der Waals surface area contributed by atoms with Gasteiger partial charge in [-0.15, -0.1) is 0 Å². The third kappa shape index (κ3) is 3.70. The van der Waals surface area contributed by atoms with E-state index in [-0.39, 0.29) is 11.7 Å². The van der Waals surface area contributed by atoms with Crippen molar-refractivity contribution in [2.45, 2.75) is 26.3 Å². The van der Waals surface area contributed by atoms with Gasteiger partial charge in [0.25, 0.3) is 0 Å². The normalized spacial score (nSPS) is 15.4. The van der Waals surface area contributed by atoms with Crippen LogP contribution in [0, 0.1) is 0 Å². The van der Waals surface area contributed by atoms with Crippen molar-refractivity contribution in [3.05, 3.63) is 33.2 Å². The molecule has 1 aromatic heterocycles. The summed E-state index contributed by atoms with van der Waals surface area (Å²) in [4.78, 5) is 11.1.